The van der Waals surface area contributed by atoms with Crippen LogP contribution in [0.3, 0.4) is 0 Å². The number of rotatable bonds is 12. The highest BCUT2D eigenvalue weighted by atomic mass is 16.3. The first-order chi connectivity index (χ1) is 16.0. The Balaban J connectivity index is 1.65. The van der Waals surface area contributed by atoms with Crippen LogP contribution in [0, 0.1) is 11.8 Å². The Hall–Kier alpha value is -2.86. The van der Waals surface area contributed by atoms with Gasteiger partial charge in [-0.2, -0.15) is 0 Å². The maximum Gasteiger partial charge on any atom is 0.318 e. The maximum absolute atomic E-state index is 12.4. The molecule has 178 valence electrons. The van der Waals surface area contributed by atoms with E-state index in [1.54, 1.807) is 4.90 Å². The highest BCUT2D eigenvalue weighted by Gasteiger charge is 2.35. The first-order valence-corrected chi connectivity index (χ1v) is 12.1. The fraction of sp³-hybridized carbons (Fsp3) is 0.481. The molecule has 6 nitrogen and oxygen atoms in total. The SMILES string of the molecule is CC(CC(CCCC(O)c1ccccc1)Cc1ccccc1)C(C(N)=O)N1CCCNC1=O. The lowest BCUT2D eigenvalue weighted by molar-refractivity contribution is -0.124. The Morgan fingerprint density at radius 2 is 1.76 bits per heavy atom. The Kier molecular flexibility index (Phi) is 9.31. The molecule has 1 aliphatic heterocycles. The Morgan fingerprint density at radius 3 is 2.39 bits per heavy atom. The molecule has 2 aromatic rings. The Bertz CT molecular complexity index is 875. The Labute approximate surface area is 197 Å². The fourth-order valence-corrected chi connectivity index (χ4v) is 5.00. The average Bonchev–Trinajstić information content (AvgIpc) is 2.81. The number of aliphatic hydroxyl groups is 1. The number of nitrogens with one attached hydrogen (secondary N) is 1. The van der Waals surface area contributed by atoms with E-state index in [-0.39, 0.29) is 11.9 Å². The van der Waals surface area contributed by atoms with Gasteiger partial charge >= 0.3 is 6.03 Å². The normalized spacial score (nSPS) is 17.6. The first-order valence-electron chi connectivity index (χ1n) is 12.1. The van der Waals surface area contributed by atoms with Crippen LogP contribution in [0.2, 0.25) is 0 Å². The molecule has 1 aliphatic rings. The molecule has 1 saturated heterocycles. The number of carbonyl (C=O) groups excluding carboxylic acids is 2. The van der Waals surface area contributed by atoms with Gasteiger partial charge in [0.25, 0.3) is 0 Å². The summed E-state index contributed by atoms with van der Waals surface area (Å²) in [4.78, 5) is 26.3. The van der Waals surface area contributed by atoms with Gasteiger partial charge in [0.1, 0.15) is 6.04 Å². The summed E-state index contributed by atoms with van der Waals surface area (Å²) in [6.07, 6.45) is 4.52. The zero-order chi connectivity index (χ0) is 23.6. The predicted octanol–water partition coefficient (Wildman–Crippen LogP) is 4.04. The van der Waals surface area contributed by atoms with E-state index in [1.807, 2.05) is 55.5 Å². The summed E-state index contributed by atoms with van der Waals surface area (Å²) in [7, 11) is 0. The van der Waals surface area contributed by atoms with E-state index < -0.39 is 18.1 Å². The first kappa shape index (κ1) is 24.8. The smallest absolute Gasteiger partial charge is 0.318 e. The molecule has 6 heteroatoms. The summed E-state index contributed by atoms with van der Waals surface area (Å²) in [6.45, 7) is 3.21. The van der Waals surface area contributed by atoms with Gasteiger partial charge in [0.2, 0.25) is 5.91 Å². The number of nitrogens with two attached hydrogens (primary N) is 1. The lowest BCUT2D eigenvalue weighted by Crippen LogP contribution is -2.57. The van der Waals surface area contributed by atoms with E-state index in [0.29, 0.717) is 25.4 Å². The molecule has 4 unspecified atom stereocenters. The third-order valence-electron chi connectivity index (χ3n) is 6.63. The van der Waals surface area contributed by atoms with Crippen LogP contribution in [0.5, 0.6) is 0 Å². The minimum atomic E-state index is -0.613. The zero-order valence-corrected chi connectivity index (χ0v) is 19.5. The molecular weight excluding hydrogens is 414 g/mol. The summed E-state index contributed by atoms with van der Waals surface area (Å²) in [5.41, 5.74) is 7.96. The van der Waals surface area contributed by atoms with Crippen molar-refractivity contribution in [2.45, 2.75) is 57.6 Å². The molecule has 33 heavy (non-hydrogen) atoms. The van der Waals surface area contributed by atoms with Crippen molar-refractivity contribution in [2.24, 2.45) is 17.6 Å². The van der Waals surface area contributed by atoms with Crippen LogP contribution in [0.15, 0.2) is 60.7 Å². The molecule has 1 fully saturated rings. The van der Waals surface area contributed by atoms with Crippen molar-refractivity contribution in [1.82, 2.24) is 10.2 Å². The number of amides is 3. The molecule has 0 aromatic heterocycles. The van der Waals surface area contributed by atoms with Crippen molar-refractivity contribution in [2.75, 3.05) is 13.1 Å². The summed E-state index contributed by atoms with van der Waals surface area (Å²) in [5, 5.41) is 13.4. The van der Waals surface area contributed by atoms with Crippen LogP contribution < -0.4 is 11.1 Å². The topological polar surface area (TPSA) is 95.7 Å². The minimum Gasteiger partial charge on any atom is -0.388 e. The summed E-state index contributed by atoms with van der Waals surface area (Å²) >= 11 is 0. The quantitative estimate of drug-likeness (QED) is 0.454. The van der Waals surface area contributed by atoms with Gasteiger partial charge < -0.3 is 21.1 Å². The van der Waals surface area contributed by atoms with Crippen LogP contribution >= 0.6 is 0 Å². The molecule has 2 aromatic carbocycles. The molecule has 1 heterocycles. The summed E-state index contributed by atoms with van der Waals surface area (Å²) < 4.78 is 0. The second kappa shape index (κ2) is 12.4. The van der Waals surface area contributed by atoms with Crippen LogP contribution in [0.4, 0.5) is 4.79 Å². The summed E-state index contributed by atoms with van der Waals surface area (Å²) in [5.74, 6) is -0.184. The number of urea groups is 1. The lowest BCUT2D eigenvalue weighted by Gasteiger charge is -2.37. The predicted molar refractivity (Wildman–Crippen MR) is 130 cm³/mol. The molecule has 0 aliphatic carbocycles. The monoisotopic (exact) mass is 451 g/mol. The molecule has 4 N–H and O–H groups in total. The van der Waals surface area contributed by atoms with Gasteiger partial charge in [-0.3, -0.25) is 4.79 Å². The second-order valence-corrected chi connectivity index (χ2v) is 9.25. The number of benzene rings is 2. The molecular formula is C27H37N3O3. The molecule has 0 saturated carbocycles. The van der Waals surface area contributed by atoms with E-state index in [0.717, 1.165) is 37.7 Å². The third kappa shape index (κ3) is 7.32. The van der Waals surface area contributed by atoms with E-state index in [4.69, 9.17) is 5.73 Å². The molecule has 4 atom stereocenters. The van der Waals surface area contributed by atoms with Gasteiger partial charge in [0.15, 0.2) is 0 Å². The Morgan fingerprint density at radius 1 is 1.09 bits per heavy atom. The number of hydrogen-bond donors (Lipinski definition) is 3. The van der Waals surface area contributed by atoms with Crippen LogP contribution in [-0.2, 0) is 11.2 Å². The molecule has 0 spiro atoms. The molecule has 0 radical (unpaired) electrons. The number of hydrogen-bond acceptors (Lipinski definition) is 3. The van der Waals surface area contributed by atoms with Crippen molar-refractivity contribution in [3.8, 4) is 0 Å². The number of carbonyl (C=O) groups is 2. The van der Waals surface area contributed by atoms with Crippen molar-refractivity contribution >= 4 is 11.9 Å². The number of aliphatic hydroxyl groups excluding tert-OH is 1. The van der Waals surface area contributed by atoms with Crippen LogP contribution in [0.1, 0.15) is 56.3 Å². The zero-order valence-electron chi connectivity index (χ0n) is 19.5. The van der Waals surface area contributed by atoms with E-state index in [9.17, 15) is 14.7 Å². The summed E-state index contributed by atoms with van der Waals surface area (Å²) in [6, 6.07) is 19.3. The van der Waals surface area contributed by atoms with Gasteiger partial charge in [-0.15, -0.1) is 0 Å². The standard InChI is InChI=1S/C27H37N3O3/c1-20(25(26(28)32)30-17-9-16-29-27(30)33)18-22(19-21-10-4-2-5-11-21)12-8-15-24(31)23-13-6-3-7-14-23/h2-7,10-11,13-14,20,22,24-25,31H,8-9,12,15-19H2,1H3,(H2,28,32)(H,29,33). The van der Waals surface area contributed by atoms with E-state index in [1.165, 1.54) is 5.56 Å². The molecule has 3 amide bonds. The van der Waals surface area contributed by atoms with Gasteiger partial charge in [0, 0.05) is 13.1 Å². The lowest BCUT2D eigenvalue weighted by atomic mass is 9.82. The number of primary amides is 1. The highest BCUT2D eigenvalue weighted by molar-refractivity contribution is 5.86. The molecule has 3 rings (SSSR count). The van der Waals surface area contributed by atoms with Gasteiger partial charge in [-0.05, 0) is 48.6 Å². The van der Waals surface area contributed by atoms with Gasteiger partial charge in [-0.1, -0.05) is 80.4 Å². The van der Waals surface area contributed by atoms with Crippen molar-refractivity contribution in [1.29, 1.82) is 0 Å². The van der Waals surface area contributed by atoms with E-state index in [2.05, 4.69) is 17.4 Å². The van der Waals surface area contributed by atoms with Gasteiger partial charge in [-0.25, -0.2) is 4.79 Å². The van der Waals surface area contributed by atoms with Gasteiger partial charge in [0.05, 0.1) is 6.10 Å². The largest absolute Gasteiger partial charge is 0.388 e. The van der Waals surface area contributed by atoms with E-state index >= 15 is 0 Å². The second-order valence-electron chi connectivity index (χ2n) is 9.25. The highest BCUT2D eigenvalue weighted by Crippen LogP contribution is 2.29. The average molecular weight is 452 g/mol. The molecule has 0 bridgehead atoms. The maximum atomic E-state index is 12.4. The third-order valence-corrected chi connectivity index (χ3v) is 6.63. The number of nitrogens with zero attached hydrogens (tertiary/aromatic N) is 1. The van der Waals surface area contributed by atoms with Crippen molar-refractivity contribution in [3.63, 3.8) is 0 Å². The van der Waals surface area contributed by atoms with Crippen LogP contribution in [-0.4, -0.2) is 41.1 Å². The minimum absolute atomic E-state index is 0.0564. The van der Waals surface area contributed by atoms with Crippen molar-refractivity contribution in [3.05, 3.63) is 71.8 Å². The van der Waals surface area contributed by atoms with Crippen LogP contribution in [0.25, 0.3) is 0 Å². The fourth-order valence-electron chi connectivity index (χ4n) is 5.00. The van der Waals surface area contributed by atoms with Crippen molar-refractivity contribution < 1.29 is 14.7 Å².